The number of nitrogens with one attached hydrogen (secondary N) is 2. The summed E-state index contributed by atoms with van der Waals surface area (Å²) in [5.74, 6) is 0.215. The minimum atomic E-state index is -0.448. The summed E-state index contributed by atoms with van der Waals surface area (Å²) in [6, 6.07) is 21.2. The molecule has 9 heteroatoms. The third-order valence-electron chi connectivity index (χ3n) is 5.59. The Hall–Kier alpha value is -5.18. The molecule has 0 fully saturated rings. The fourth-order valence-electron chi connectivity index (χ4n) is 3.74. The highest BCUT2D eigenvalue weighted by Crippen LogP contribution is 2.28. The monoisotopic (exact) mass is 476 g/mol. The number of nitro groups is 1. The number of non-ortho nitro benzene ring substituents is 1. The first kappa shape index (κ1) is 22.6. The fourth-order valence-corrected chi connectivity index (χ4v) is 3.74. The molecule has 3 aromatic heterocycles. The van der Waals surface area contributed by atoms with Crippen molar-refractivity contribution >= 4 is 39.7 Å². The molecule has 36 heavy (non-hydrogen) atoms. The number of hydrogen-bond donors (Lipinski definition) is 2. The van der Waals surface area contributed by atoms with Crippen LogP contribution in [-0.2, 0) is 6.42 Å². The molecule has 9 nitrogen and oxygen atoms in total. The number of nitro benzene ring substituents is 1. The minimum Gasteiger partial charge on any atom is -0.340 e. The maximum atomic E-state index is 12.7. The second-order valence-electron chi connectivity index (χ2n) is 8.06. The van der Waals surface area contributed by atoms with Crippen LogP contribution < -0.4 is 10.6 Å². The van der Waals surface area contributed by atoms with Crippen LogP contribution in [-0.4, -0.2) is 25.8 Å². The molecule has 0 saturated heterocycles. The van der Waals surface area contributed by atoms with E-state index in [1.165, 1.54) is 23.9 Å². The summed E-state index contributed by atoms with van der Waals surface area (Å²) in [4.78, 5) is 36.0. The molecular formula is C27H20N6O3. The molecule has 176 valence electrons. The van der Waals surface area contributed by atoms with Gasteiger partial charge >= 0.3 is 0 Å². The highest BCUT2D eigenvalue weighted by atomic mass is 16.6. The van der Waals surface area contributed by atoms with E-state index in [-0.39, 0.29) is 11.6 Å². The van der Waals surface area contributed by atoms with Gasteiger partial charge in [0.05, 0.1) is 21.7 Å². The zero-order chi connectivity index (χ0) is 24.9. The average molecular weight is 476 g/mol. The largest absolute Gasteiger partial charge is 0.340 e. The topological polar surface area (TPSA) is 123 Å². The van der Waals surface area contributed by atoms with Crippen molar-refractivity contribution in [1.29, 1.82) is 0 Å². The lowest BCUT2D eigenvalue weighted by Gasteiger charge is -2.10. The first-order valence-corrected chi connectivity index (χ1v) is 11.1. The minimum absolute atomic E-state index is 0.0241. The second kappa shape index (κ2) is 9.98. The molecule has 0 radical (unpaired) electrons. The predicted octanol–water partition coefficient (Wildman–Crippen LogP) is 5.52. The summed E-state index contributed by atoms with van der Waals surface area (Å²) in [5.41, 5.74) is 4.60. The number of nitrogens with zero attached hydrogens (tertiary/aromatic N) is 4. The molecule has 0 spiro atoms. The number of benzene rings is 2. The highest BCUT2D eigenvalue weighted by Gasteiger charge is 2.11. The van der Waals surface area contributed by atoms with Crippen LogP contribution in [0, 0.1) is 10.1 Å². The van der Waals surface area contributed by atoms with Gasteiger partial charge in [0.1, 0.15) is 5.82 Å². The summed E-state index contributed by atoms with van der Waals surface area (Å²) in [5, 5.41) is 17.8. The molecule has 0 unspecified atom stereocenters. The van der Waals surface area contributed by atoms with E-state index in [2.05, 4.69) is 25.6 Å². The molecule has 1 amide bonds. The van der Waals surface area contributed by atoms with Gasteiger partial charge in [-0.1, -0.05) is 12.1 Å². The normalized spacial score (nSPS) is 10.7. The quantitative estimate of drug-likeness (QED) is 0.234. The summed E-state index contributed by atoms with van der Waals surface area (Å²) in [6.07, 6.45) is 7.41. The zero-order valence-corrected chi connectivity index (χ0v) is 19.0. The van der Waals surface area contributed by atoms with Crippen molar-refractivity contribution in [2.45, 2.75) is 6.42 Å². The van der Waals surface area contributed by atoms with E-state index in [1.807, 2.05) is 36.4 Å². The van der Waals surface area contributed by atoms with Gasteiger partial charge < -0.3 is 10.6 Å². The molecule has 0 aliphatic carbocycles. The number of amides is 1. The van der Waals surface area contributed by atoms with E-state index in [1.54, 1.807) is 42.9 Å². The number of carbonyl (C=O) groups excluding carboxylic acids is 1. The van der Waals surface area contributed by atoms with E-state index >= 15 is 0 Å². The number of hydrogen-bond acceptors (Lipinski definition) is 7. The molecule has 5 rings (SSSR count). The maximum absolute atomic E-state index is 12.7. The molecule has 0 atom stereocenters. The Morgan fingerprint density at radius 2 is 1.64 bits per heavy atom. The standard InChI is InChI=1S/C27H20N6O3/c34-27(31-21-4-1-18(2-5-21)15-19-9-12-28-13-10-19)20-3-8-26(30-17-20)32-25-11-14-29-24-7-6-22(33(35)36)16-23(24)25/h1-14,16-17H,15H2,(H,31,34)(H,29,30,32). The highest BCUT2D eigenvalue weighted by molar-refractivity contribution is 6.04. The van der Waals surface area contributed by atoms with Crippen molar-refractivity contribution in [2.75, 3.05) is 10.6 Å². The van der Waals surface area contributed by atoms with Gasteiger partial charge in [0.2, 0.25) is 0 Å². The smallest absolute Gasteiger partial charge is 0.270 e. The Balaban J connectivity index is 1.25. The van der Waals surface area contributed by atoms with Crippen molar-refractivity contribution in [3.8, 4) is 0 Å². The number of aromatic nitrogens is 3. The van der Waals surface area contributed by atoms with E-state index in [0.717, 1.165) is 12.0 Å². The van der Waals surface area contributed by atoms with E-state index in [9.17, 15) is 14.9 Å². The van der Waals surface area contributed by atoms with Gasteiger partial charge in [-0.25, -0.2) is 4.98 Å². The van der Waals surface area contributed by atoms with E-state index in [0.29, 0.717) is 33.7 Å². The van der Waals surface area contributed by atoms with Crippen LogP contribution in [0.15, 0.2) is 97.6 Å². The summed E-state index contributed by atoms with van der Waals surface area (Å²) < 4.78 is 0. The van der Waals surface area contributed by atoms with E-state index in [4.69, 9.17) is 0 Å². The fraction of sp³-hybridized carbons (Fsp3) is 0.0370. The van der Waals surface area contributed by atoms with Crippen LogP contribution in [0.1, 0.15) is 21.5 Å². The number of pyridine rings is 3. The molecule has 0 aliphatic heterocycles. The summed E-state index contributed by atoms with van der Waals surface area (Å²) >= 11 is 0. The van der Waals surface area contributed by atoms with Gasteiger partial charge in [-0.05, 0) is 66.1 Å². The predicted molar refractivity (Wildman–Crippen MR) is 137 cm³/mol. The third-order valence-corrected chi connectivity index (χ3v) is 5.59. The Morgan fingerprint density at radius 3 is 2.36 bits per heavy atom. The average Bonchev–Trinajstić information content (AvgIpc) is 2.91. The molecule has 0 saturated carbocycles. The Bertz CT molecular complexity index is 1540. The van der Waals surface area contributed by atoms with Crippen molar-refractivity contribution < 1.29 is 9.72 Å². The summed E-state index contributed by atoms with van der Waals surface area (Å²) in [6.45, 7) is 0. The van der Waals surface area contributed by atoms with Gasteiger partial charge in [0.15, 0.2) is 0 Å². The van der Waals surface area contributed by atoms with Crippen molar-refractivity contribution in [3.05, 3.63) is 124 Å². The van der Waals surface area contributed by atoms with Crippen LogP contribution in [0.2, 0.25) is 0 Å². The van der Waals surface area contributed by atoms with Crippen molar-refractivity contribution in [1.82, 2.24) is 15.0 Å². The lowest BCUT2D eigenvalue weighted by molar-refractivity contribution is -0.384. The van der Waals surface area contributed by atoms with Crippen LogP contribution in [0.5, 0.6) is 0 Å². The lowest BCUT2D eigenvalue weighted by Crippen LogP contribution is -2.12. The third kappa shape index (κ3) is 5.15. The van der Waals surface area contributed by atoms with E-state index < -0.39 is 4.92 Å². The van der Waals surface area contributed by atoms with Crippen LogP contribution in [0.25, 0.3) is 10.9 Å². The Labute approximate surface area is 206 Å². The maximum Gasteiger partial charge on any atom is 0.270 e. The van der Waals surface area contributed by atoms with Gasteiger partial charge in [0.25, 0.3) is 11.6 Å². The van der Waals surface area contributed by atoms with Gasteiger partial charge in [-0.3, -0.25) is 24.9 Å². The zero-order valence-electron chi connectivity index (χ0n) is 19.0. The molecule has 2 N–H and O–H groups in total. The lowest BCUT2D eigenvalue weighted by atomic mass is 10.1. The van der Waals surface area contributed by atoms with Crippen LogP contribution in [0.3, 0.4) is 0 Å². The molecule has 5 aromatic rings. The molecule has 3 heterocycles. The summed E-state index contributed by atoms with van der Waals surface area (Å²) in [7, 11) is 0. The Kier molecular flexibility index (Phi) is 6.27. The molecule has 2 aromatic carbocycles. The number of anilines is 3. The molecule has 0 aliphatic rings. The molecule has 0 bridgehead atoms. The second-order valence-corrected chi connectivity index (χ2v) is 8.06. The first-order valence-electron chi connectivity index (χ1n) is 11.1. The molecular weight excluding hydrogens is 456 g/mol. The number of rotatable bonds is 7. The van der Waals surface area contributed by atoms with Gasteiger partial charge in [-0.15, -0.1) is 0 Å². The number of fused-ring (bicyclic) bond motifs is 1. The Morgan fingerprint density at radius 1 is 0.861 bits per heavy atom. The van der Waals surface area contributed by atoms with Gasteiger partial charge in [0, 0.05) is 48.0 Å². The first-order chi connectivity index (χ1) is 17.5. The van der Waals surface area contributed by atoms with Crippen LogP contribution >= 0.6 is 0 Å². The van der Waals surface area contributed by atoms with Crippen molar-refractivity contribution in [3.63, 3.8) is 0 Å². The van der Waals surface area contributed by atoms with Crippen LogP contribution in [0.4, 0.5) is 22.9 Å². The SMILES string of the molecule is O=C(Nc1ccc(Cc2ccncc2)cc1)c1ccc(Nc2ccnc3ccc([N+](=O)[O-])cc23)nc1. The van der Waals surface area contributed by atoms with Crippen molar-refractivity contribution in [2.24, 2.45) is 0 Å². The number of carbonyl (C=O) groups is 1. The van der Waals surface area contributed by atoms with Gasteiger partial charge in [-0.2, -0.15) is 0 Å².